The highest BCUT2D eigenvalue weighted by Crippen LogP contribution is 2.21. The molecule has 88 heavy (non-hydrogen) atoms. The number of carbonyl (C=O) groups is 11. The topological polar surface area (TPSA) is 500 Å². The quantitative estimate of drug-likeness (QED) is 0.0376. The molecule has 3 aromatic carbocycles. The van der Waals surface area contributed by atoms with Crippen molar-refractivity contribution >= 4 is 75.8 Å². The van der Waals surface area contributed by atoms with Gasteiger partial charge in [0.1, 0.15) is 60.1 Å². The van der Waals surface area contributed by atoms with Crippen molar-refractivity contribution in [2.75, 3.05) is 45.9 Å². The van der Waals surface area contributed by atoms with Gasteiger partial charge in [-0.05, 0) is 126 Å². The minimum absolute atomic E-state index is 0.0319. The number of benzene rings is 3. The molecule has 1 fully saturated rings. The van der Waals surface area contributed by atoms with Crippen LogP contribution < -0.4 is 91.9 Å². The van der Waals surface area contributed by atoms with Gasteiger partial charge in [-0.15, -0.1) is 0 Å². The Labute approximate surface area is 510 Å². The molecule has 0 saturated carbocycles. The highest BCUT2D eigenvalue weighted by atomic mass is 16.5. The minimum Gasteiger partial charge on any atom is -0.484 e. The molecule has 1 saturated heterocycles. The summed E-state index contributed by atoms with van der Waals surface area (Å²) in [5, 5.41) is 51.3. The van der Waals surface area contributed by atoms with Gasteiger partial charge in [0.25, 0.3) is 11.8 Å². The van der Waals surface area contributed by atoms with E-state index in [9.17, 15) is 63.0 Å². The smallest absolute Gasteiger partial charge is 0.272 e. The van der Waals surface area contributed by atoms with E-state index in [1.54, 1.807) is 56.3 Å². The summed E-state index contributed by atoms with van der Waals surface area (Å²) < 4.78 is 5.66. The Kier molecular flexibility index (Phi) is 29.5. The van der Waals surface area contributed by atoms with E-state index in [2.05, 4.69) is 58.5 Å². The summed E-state index contributed by atoms with van der Waals surface area (Å²) in [4.78, 5) is 154. The van der Waals surface area contributed by atoms with E-state index in [-0.39, 0.29) is 83.6 Å². The van der Waals surface area contributed by atoms with Crippen molar-refractivity contribution in [2.24, 2.45) is 34.6 Å². The second-order valence-corrected chi connectivity index (χ2v) is 21.9. The number of hydrogen-bond acceptors (Lipinski definition) is 19. The number of hydrogen-bond donors (Lipinski definition) is 18. The number of nitrogens with one attached hydrogen (secondary N) is 11. The molecule has 0 aromatic heterocycles. The Bertz CT molecular complexity index is 2860. The van der Waals surface area contributed by atoms with Gasteiger partial charge in [0.05, 0.1) is 6.10 Å². The standard InChI is InChI=1S/C58H88N16O14/c1-32(2)28-44-53(82)67-39(17-23-60)48(77)68-42(20-26-63)55(84)74-58(4,87)57(86)64-27-21-43(51(80)66-40(18-24-61)50(79)72-45(54(83)71-44)29-34-10-6-5-7-11-34)69-49(78)41(19-25-62)70-56(85)47(33(3)75)73-52(81)38(16-22-59)65-46(76)31-88-37-15-14-35-12-8-9-13-36(35)30-37/h5-15,30,32-33,38-45,47,75,87H,16-29,31,59-63H2,1-4H3,(H,64,86)(H,65,76)(H,66,80)(H,67,82)(H,68,77)(H,69,78)(H,70,85)(H,71,83)(H,72,79)(H,73,81)(H,74,84)/t33-,38+,39+,40+,41+,42+,43+,44+,45-,47+,58+/m1/s1. The predicted octanol–water partition coefficient (Wildman–Crippen LogP) is -5.66. The van der Waals surface area contributed by atoms with E-state index in [1.807, 2.05) is 30.3 Å². The lowest BCUT2D eigenvalue weighted by Gasteiger charge is -2.29. The van der Waals surface area contributed by atoms with Gasteiger partial charge in [0.15, 0.2) is 6.61 Å². The third-order valence-corrected chi connectivity index (χ3v) is 14.0. The highest BCUT2D eigenvalue weighted by molar-refractivity contribution is 5.99. The number of aliphatic hydroxyl groups is 2. The third kappa shape index (κ3) is 23.0. The molecule has 4 rings (SSSR count). The molecule has 30 heteroatoms. The molecule has 1 aliphatic heterocycles. The number of rotatable bonds is 25. The Hall–Kier alpha value is -8.39. The van der Waals surface area contributed by atoms with Gasteiger partial charge in [0.2, 0.25) is 58.9 Å². The van der Waals surface area contributed by atoms with Gasteiger partial charge in [0, 0.05) is 13.0 Å². The molecule has 11 atom stereocenters. The minimum atomic E-state index is -2.71. The van der Waals surface area contributed by atoms with Crippen LogP contribution in [0.1, 0.15) is 78.2 Å². The molecule has 0 unspecified atom stereocenters. The first-order valence-electron chi connectivity index (χ1n) is 29.2. The lowest BCUT2D eigenvalue weighted by Crippen LogP contribution is -2.63. The molecule has 0 radical (unpaired) electrons. The fourth-order valence-electron chi connectivity index (χ4n) is 9.29. The predicted molar refractivity (Wildman–Crippen MR) is 323 cm³/mol. The van der Waals surface area contributed by atoms with Gasteiger partial charge >= 0.3 is 0 Å². The molecule has 0 spiro atoms. The zero-order valence-corrected chi connectivity index (χ0v) is 50.1. The molecular weight excluding hydrogens is 1140 g/mol. The number of amides is 11. The van der Waals surface area contributed by atoms with Gasteiger partial charge < -0.3 is 102 Å². The van der Waals surface area contributed by atoms with Crippen molar-refractivity contribution in [1.82, 2.24) is 58.5 Å². The van der Waals surface area contributed by atoms with Crippen molar-refractivity contribution in [3.8, 4) is 5.75 Å². The number of fused-ring (bicyclic) bond motifs is 1. The average molecular weight is 1230 g/mol. The molecule has 30 nitrogen and oxygen atoms in total. The van der Waals surface area contributed by atoms with Crippen molar-refractivity contribution < 1.29 is 67.7 Å². The first-order chi connectivity index (χ1) is 41.8. The van der Waals surface area contributed by atoms with E-state index in [4.69, 9.17) is 33.4 Å². The first kappa shape index (κ1) is 72.1. The SMILES string of the molecule is CC(C)C[C@@H]1NC(=O)[C@@H](Cc2ccccc2)NC(=O)[C@H](CCN)NC(=O)[C@@H](NC(=O)[C@H](CCN)NC(=O)[C@@H](NC(=O)[C@H](CCN)NC(=O)COc2ccc3ccccc3c2)[C@@H](C)O)CCNC(=O)[C@](C)(O)NC(=O)[C@H](CCN)NC(=O)[C@H](CCN)NC1=O. The summed E-state index contributed by atoms with van der Waals surface area (Å²) in [6.07, 6.45) is -3.28. The van der Waals surface area contributed by atoms with Crippen LogP contribution >= 0.6 is 0 Å². The zero-order chi connectivity index (χ0) is 65.1. The monoisotopic (exact) mass is 1230 g/mol. The van der Waals surface area contributed by atoms with Crippen LogP contribution in [0.2, 0.25) is 0 Å². The molecule has 1 heterocycles. The molecule has 23 N–H and O–H groups in total. The van der Waals surface area contributed by atoms with E-state index in [0.29, 0.717) is 11.3 Å². The summed E-state index contributed by atoms with van der Waals surface area (Å²) in [5.74, 6) is -10.6. The van der Waals surface area contributed by atoms with Gasteiger partial charge in [-0.1, -0.05) is 74.5 Å². The largest absolute Gasteiger partial charge is 0.484 e. The maximum absolute atomic E-state index is 14.5. The highest BCUT2D eigenvalue weighted by Gasteiger charge is 2.39. The number of carbonyl (C=O) groups excluding carboxylic acids is 11. The normalized spacial score (nSPS) is 22.6. The van der Waals surface area contributed by atoms with E-state index in [0.717, 1.165) is 17.7 Å². The van der Waals surface area contributed by atoms with Crippen molar-refractivity contribution in [2.45, 2.75) is 145 Å². The maximum atomic E-state index is 14.5. The molecular formula is C58H88N16O14. The summed E-state index contributed by atoms with van der Waals surface area (Å²) in [6, 6.07) is 7.67. The summed E-state index contributed by atoms with van der Waals surface area (Å²) >= 11 is 0. The Morgan fingerprint density at radius 2 is 1.11 bits per heavy atom. The zero-order valence-electron chi connectivity index (χ0n) is 50.1. The fraction of sp³-hybridized carbons (Fsp3) is 0.534. The maximum Gasteiger partial charge on any atom is 0.272 e. The number of ether oxygens (including phenoxy) is 1. The van der Waals surface area contributed by atoms with Gasteiger partial charge in [-0.25, -0.2) is 0 Å². The molecule has 0 aliphatic carbocycles. The Morgan fingerprint density at radius 3 is 1.68 bits per heavy atom. The lowest BCUT2D eigenvalue weighted by atomic mass is 10.00. The number of nitrogens with two attached hydrogens (primary N) is 5. The molecule has 0 bridgehead atoms. The summed E-state index contributed by atoms with van der Waals surface area (Å²) in [6.45, 7) is 3.72. The van der Waals surface area contributed by atoms with Crippen LogP contribution in [0, 0.1) is 5.92 Å². The van der Waals surface area contributed by atoms with Crippen LogP contribution in [0.5, 0.6) is 5.75 Å². The van der Waals surface area contributed by atoms with Gasteiger partial charge in [-0.2, -0.15) is 0 Å². The third-order valence-electron chi connectivity index (χ3n) is 14.0. The molecule has 1 aliphatic rings. The lowest BCUT2D eigenvalue weighted by molar-refractivity contribution is -0.148. The first-order valence-corrected chi connectivity index (χ1v) is 29.2. The number of aliphatic hydroxyl groups excluding tert-OH is 1. The summed E-state index contributed by atoms with van der Waals surface area (Å²) in [5.41, 5.74) is 27.2. The van der Waals surface area contributed by atoms with Crippen LogP contribution in [0.25, 0.3) is 10.8 Å². The van der Waals surface area contributed by atoms with Crippen LogP contribution in [-0.4, -0.2) is 187 Å². The van der Waals surface area contributed by atoms with Crippen molar-refractivity contribution in [3.05, 3.63) is 78.4 Å². The molecule has 484 valence electrons. The van der Waals surface area contributed by atoms with Crippen LogP contribution in [-0.2, 0) is 59.2 Å². The van der Waals surface area contributed by atoms with Crippen molar-refractivity contribution in [1.29, 1.82) is 0 Å². The second kappa shape index (κ2) is 36.0. The van der Waals surface area contributed by atoms with Crippen molar-refractivity contribution in [3.63, 3.8) is 0 Å². The second-order valence-electron chi connectivity index (χ2n) is 21.9. The van der Waals surface area contributed by atoms with Gasteiger partial charge in [-0.3, -0.25) is 52.7 Å². The van der Waals surface area contributed by atoms with E-state index >= 15 is 0 Å². The van der Waals surface area contributed by atoms with Crippen LogP contribution in [0.4, 0.5) is 0 Å². The molecule has 11 amide bonds. The average Bonchev–Trinajstić information content (AvgIpc) is 3.62. The Morgan fingerprint density at radius 1 is 0.602 bits per heavy atom. The Balaban J connectivity index is 1.66. The molecule has 3 aromatic rings. The van der Waals surface area contributed by atoms with Crippen LogP contribution in [0.3, 0.4) is 0 Å². The van der Waals surface area contributed by atoms with E-state index in [1.165, 1.54) is 6.92 Å². The fourth-order valence-corrected chi connectivity index (χ4v) is 9.29. The van der Waals surface area contributed by atoms with Crippen LogP contribution in [0.15, 0.2) is 72.8 Å². The van der Waals surface area contributed by atoms with E-state index < -0.39 is 151 Å². The summed E-state index contributed by atoms with van der Waals surface area (Å²) in [7, 11) is 0.